The van der Waals surface area contributed by atoms with Gasteiger partial charge in [0.15, 0.2) is 0 Å². The number of carbonyl (C=O) groups excluding carboxylic acids is 3. The minimum atomic E-state index is -0.435. The minimum absolute atomic E-state index is 0.179. The molecule has 0 aliphatic heterocycles. The van der Waals surface area contributed by atoms with Crippen molar-refractivity contribution in [2.75, 3.05) is 19.0 Å². The Morgan fingerprint density at radius 2 is 1.80 bits per heavy atom. The molecule has 0 bridgehead atoms. The van der Waals surface area contributed by atoms with E-state index in [1.54, 1.807) is 37.3 Å². The summed E-state index contributed by atoms with van der Waals surface area (Å²) in [5.41, 5.74) is 1.59. The molecular formula is C26H28ClN3O5. The number of carbonyl (C=O) groups is 3. The number of rotatable bonds is 8. The van der Waals surface area contributed by atoms with Crippen LogP contribution in [0.4, 0.5) is 5.69 Å². The SMILES string of the molecule is CCOC(=O)C1CCC(C(=O)Nc2ccc(C#N)cc2C(=O)NCc2ccc(OC)c(Cl)c2)CC1. The molecule has 8 nitrogen and oxygen atoms in total. The van der Waals surface area contributed by atoms with Crippen LogP contribution in [0.3, 0.4) is 0 Å². The maximum atomic E-state index is 13.0. The zero-order valence-corrected chi connectivity index (χ0v) is 20.5. The van der Waals surface area contributed by atoms with Crippen molar-refractivity contribution in [1.82, 2.24) is 5.32 Å². The lowest BCUT2D eigenvalue weighted by molar-refractivity contribution is -0.150. The molecule has 2 amide bonds. The highest BCUT2D eigenvalue weighted by molar-refractivity contribution is 6.32. The highest BCUT2D eigenvalue weighted by atomic mass is 35.5. The molecule has 0 heterocycles. The van der Waals surface area contributed by atoms with Crippen LogP contribution in [0.5, 0.6) is 5.75 Å². The summed E-state index contributed by atoms with van der Waals surface area (Å²) in [5.74, 6) is -0.779. The van der Waals surface area contributed by atoms with Crippen LogP contribution in [-0.2, 0) is 20.9 Å². The Morgan fingerprint density at radius 3 is 2.43 bits per heavy atom. The Kier molecular flexibility index (Phi) is 9.10. The van der Waals surface area contributed by atoms with Crippen LogP contribution < -0.4 is 15.4 Å². The normalized spacial score (nSPS) is 17.1. The van der Waals surface area contributed by atoms with Crippen molar-refractivity contribution < 1.29 is 23.9 Å². The summed E-state index contributed by atoms with van der Waals surface area (Å²) >= 11 is 6.15. The molecule has 0 saturated heterocycles. The van der Waals surface area contributed by atoms with Crippen molar-refractivity contribution in [1.29, 1.82) is 5.26 Å². The number of esters is 1. The smallest absolute Gasteiger partial charge is 0.308 e. The van der Waals surface area contributed by atoms with Gasteiger partial charge in [0.2, 0.25) is 5.91 Å². The lowest BCUT2D eigenvalue weighted by Gasteiger charge is -2.26. The number of hydrogen-bond donors (Lipinski definition) is 2. The van der Waals surface area contributed by atoms with Gasteiger partial charge in [-0.15, -0.1) is 0 Å². The lowest BCUT2D eigenvalue weighted by atomic mass is 9.81. The number of hydrogen-bond acceptors (Lipinski definition) is 6. The number of halogens is 1. The van der Waals surface area contributed by atoms with Crippen LogP contribution in [0.2, 0.25) is 5.02 Å². The monoisotopic (exact) mass is 497 g/mol. The van der Waals surface area contributed by atoms with Crippen LogP contribution in [-0.4, -0.2) is 31.5 Å². The van der Waals surface area contributed by atoms with Gasteiger partial charge in [0.25, 0.3) is 5.91 Å². The maximum absolute atomic E-state index is 13.0. The van der Waals surface area contributed by atoms with Gasteiger partial charge in [0.05, 0.1) is 47.5 Å². The average Bonchev–Trinajstić information content (AvgIpc) is 2.87. The maximum Gasteiger partial charge on any atom is 0.308 e. The highest BCUT2D eigenvalue weighted by Gasteiger charge is 2.31. The molecule has 1 saturated carbocycles. The average molecular weight is 498 g/mol. The first-order chi connectivity index (χ1) is 16.9. The van der Waals surface area contributed by atoms with Crippen molar-refractivity contribution in [3.63, 3.8) is 0 Å². The van der Waals surface area contributed by atoms with Crippen LogP contribution in [0.25, 0.3) is 0 Å². The first-order valence-corrected chi connectivity index (χ1v) is 11.9. The molecule has 184 valence electrons. The van der Waals surface area contributed by atoms with Crippen molar-refractivity contribution in [2.45, 2.75) is 39.2 Å². The zero-order chi connectivity index (χ0) is 25.4. The van der Waals surface area contributed by atoms with E-state index in [9.17, 15) is 19.6 Å². The third kappa shape index (κ3) is 6.74. The summed E-state index contributed by atoms with van der Waals surface area (Å²) in [6.45, 7) is 2.31. The molecule has 1 fully saturated rings. The number of benzene rings is 2. The summed E-state index contributed by atoms with van der Waals surface area (Å²) in [4.78, 5) is 37.9. The van der Waals surface area contributed by atoms with Crippen molar-refractivity contribution >= 4 is 35.1 Å². The second kappa shape index (κ2) is 12.2. The quantitative estimate of drug-likeness (QED) is 0.520. The molecule has 2 aromatic rings. The number of ether oxygens (including phenoxy) is 2. The number of nitriles is 1. The molecule has 3 rings (SSSR count). The van der Waals surface area contributed by atoms with Gasteiger partial charge >= 0.3 is 5.97 Å². The van der Waals surface area contributed by atoms with E-state index in [1.807, 2.05) is 6.07 Å². The summed E-state index contributed by atoms with van der Waals surface area (Å²) in [6, 6.07) is 11.8. The third-order valence-corrected chi connectivity index (χ3v) is 6.33. The molecule has 9 heteroatoms. The van der Waals surface area contributed by atoms with E-state index >= 15 is 0 Å². The molecule has 35 heavy (non-hydrogen) atoms. The second-order valence-corrected chi connectivity index (χ2v) is 8.72. The fourth-order valence-electron chi connectivity index (χ4n) is 4.09. The van der Waals surface area contributed by atoms with E-state index in [2.05, 4.69) is 10.6 Å². The van der Waals surface area contributed by atoms with E-state index in [-0.39, 0.29) is 35.8 Å². The number of nitrogens with zero attached hydrogens (tertiary/aromatic N) is 1. The summed E-state index contributed by atoms with van der Waals surface area (Å²) in [6.07, 6.45) is 2.29. The van der Waals surface area contributed by atoms with Gasteiger partial charge in [-0.2, -0.15) is 5.26 Å². The molecule has 2 aromatic carbocycles. The van der Waals surface area contributed by atoms with Gasteiger partial charge in [-0.25, -0.2) is 0 Å². The third-order valence-electron chi connectivity index (χ3n) is 6.04. The number of nitrogens with one attached hydrogen (secondary N) is 2. The largest absolute Gasteiger partial charge is 0.495 e. The molecule has 0 spiro atoms. The van der Waals surface area contributed by atoms with Crippen molar-refractivity contribution in [2.24, 2.45) is 11.8 Å². The Labute approximate surface area is 209 Å². The van der Waals surface area contributed by atoms with Gasteiger partial charge in [-0.3, -0.25) is 14.4 Å². The molecule has 0 unspecified atom stereocenters. The Morgan fingerprint density at radius 1 is 1.09 bits per heavy atom. The molecule has 0 atom stereocenters. The molecular weight excluding hydrogens is 470 g/mol. The van der Waals surface area contributed by atoms with E-state index in [0.717, 1.165) is 5.56 Å². The highest BCUT2D eigenvalue weighted by Crippen LogP contribution is 2.31. The van der Waals surface area contributed by atoms with E-state index in [4.69, 9.17) is 21.1 Å². The summed E-state index contributed by atoms with van der Waals surface area (Å²) in [7, 11) is 1.52. The first kappa shape index (κ1) is 26.0. The zero-order valence-electron chi connectivity index (χ0n) is 19.7. The topological polar surface area (TPSA) is 118 Å². The van der Waals surface area contributed by atoms with Gasteiger partial charge in [0.1, 0.15) is 5.75 Å². The van der Waals surface area contributed by atoms with Crippen molar-refractivity contribution in [3.05, 3.63) is 58.1 Å². The number of amides is 2. The number of methoxy groups -OCH3 is 1. The van der Waals surface area contributed by atoms with E-state index < -0.39 is 5.91 Å². The van der Waals surface area contributed by atoms with E-state index in [1.165, 1.54) is 13.2 Å². The van der Waals surface area contributed by atoms with Crippen LogP contribution >= 0.6 is 11.6 Å². The molecule has 0 aromatic heterocycles. The van der Waals surface area contributed by atoms with Crippen molar-refractivity contribution in [3.8, 4) is 11.8 Å². The van der Waals surface area contributed by atoms with Gasteiger partial charge in [-0.1, -0.05) is 17.7 Å². The fourth-order valence-corrected chi connectivity index (χ4v) is 4.37. The Balaban J connectivity index is 1.67. The lowest BCUT2D eigenvalue weighted by Crippen LogP contribution is -2.31. The van der Waals surface area contributed by atoms with Crippen LogP contribution in [0.15, 0.2) is 36.4 Å². The second-order valence-electron chi connectivity index (χ2n) is 8.31. The molecule has 1 aliphatic carbocycles. The van der Waals surface area contributed by atoms with Crippen LogP contribution in [0, 0.1) is 23.2 Å². The van der Waals surface area contributed by atoms with E-state index in [0.29, 0.717) is 54.3 Å². The standard InChI is InChI=1S/C26H28ClN3O5/c1-3-35-26(33)19-8-6-18(7-9-19)24(31)30-22-10-4-16(14-28)12-20(22)25(32)29-15-17-5-11-23(34-2)21(27)13-17/h4-5,10-13,18-19H,3,6-9,15H2,1-2H3,(H,29,32)(H,30,31). The predicted octanol–water partition coefficient (Wildman–Crippen LogP) is 4.46. The van der Waals surface area contributed by atoms with Gasteiger partial charge in [0, 0.05) is 12.5 Å². The van der Waals surface area contributed by atoms with Crippen LogP contribution in [0.1, 0.15) is 54.1 Å². The van der Waals surface area contributed by atoms with Gasteiger partial charge in [-0.05, 0) is 68.5 Å². The Bertz CT molecular complexity index is 1140. The summed E-state index contributed by atoms with van der Waals surface area (Å²) < 4.78 is 10.2. The predicted molar refractivity (Wildman–Crippen MR) is 131 cm³/mol. The van der Waals surface area contributed by atoms with Gasteiger partial charge < -0.3 is 20.1 Å². The minimum Gasteiger partial charge on any atom is -0.495 e. The molecule has 1 aliphatic rings. The number of anilines is 1. The Hall–Kier alpha value is -3.57. The molecule has 0 radical (unpaired) electrons. The molecule has 2 N–H and O–H groups in total. The fraction of sp³-hybridized carbons (Fsp3) is 0.385. The first-order valence-electron chi connectivity index (χ1n) is 11.5. The summed E-state index contributed by atoms with van der Waals surface area (Å²) in [5, 5.41) is 15.4.